The van der Waals surface area contributed by atoms with E-state index < -0.39 is 0 Å². The molecule has 0 radical (unpaired) electrons. The van der Waals surface area contributed by atoms with Gasteiger partial charge in [-0.15, -0.1) is 0 Å². The van der Waals surface area contributed by atoms with Crippen molar-refractivity contribution < 1.29 is 8.83 Å². The van der Waals surface area contributed by atoms with Crippen molar-refractivity contribution in [2.24, 2.45) is 0 Å². The molecule has 224 valence electrons. The standard InChI is InChI=1S/C42H24N4O2/c1-2-10-25(11-3-1)40-44-41(46-42(45-40)32-16-8-19-35-38(32)39-36(48-35)20-9-23-43-39)27-21-22-28-26(24-27)12-6-14-29(28)30-15-7-18-34-37(30)31-13-4-5-17-33(31)47-34/h1-24H. The van der Waals surface area contributed by atoms with Crippen LogP contribution in [-0.4, -0.2) is 19.9 Å². The van der Waals surface area contributed by atoms with Gasteiger partial charge in [-0.25, -0.2) is 15.0 Å². The molecular formula is C42H24N4O2. The van der Waals surface area contributed by atoms with Crippen LogP contribution < -0.4 is 0 Å². The van der Waals surface area contributed by atoms with Gasteiger partial charge >= 0.3 is 0 Å². The lowest BCUT2D eigenvalue weighted by Crippen LogP contribution is -2.00. The predicted molar refractivity (Wildman–Crippen MR) is 191 cm³/mol. The van der Waals surface area contributed by atoms with E-state index in [1.807, 2.05) is 78.9 Å². The largest absolute Gasteiger partial charge is 0.456 e. The summed E-state index contributed by atoms with van der Waals surface area (Å²) >= 11 is 0. The molecule has 0 aliphatic carbocycles. The van der Waals surface area contributed by atoms with Crippen molar-refractivity contribution in [3.8, 4) is 45.3 Å². The topological polar surface area (TPSA) is 77.8 Å². The fraction of sp³-hybridized carbons (Fsp3) is 0. The average molecular weight is 617 g/mol. The molecule has 0 saturated heterocycles. The fourth-order valence-corrected chi connectivity index (χ4v) is 6.82. The number of fused-ring (bicyclic) bond motifs is 7. The molecule has 0 fully saturated rings. The number of rotatable bonds is 4. The van der Waals surface area contributed by atoms with E-state index in [0.29, 0.717) is 17.5 Å². The summed E-state index contributed by atoms with van der Waals surface area (Å²) in [5.41, 5.74) is 8.94. The van der Waals surface area contributed by atoms with Crippen molar-refractivity contribution in [2.75, 3.05) is 0 Å². The molecule has 0 N–H and O–H groups in total. The second kappa shape index (κ2) is 10.4. The van der Waals surface area contributed by atoms with E-state index in [0.717, 1.165) is 82.6 Å². The zero-order chi connectivity index (χ0) is 31.6. The van der Waals surface area contributed by atoms with E-state index >= 15 is 0 Å². The molecule has 10 aromatic rings. The molecule has 0 aliphatic rings. The molecule has 0 amide bonds. The molecular weight excluding hydrogens is 592 g/mol. The van der Waals surface area contributed by atoms with Gasteiger partial charge in [-0.2, -0.15) is 0 Å². The van der Waals surface area contributed by atoms with Gasteiger partial charge in [0.1, 0.15) is 22.3 Å². The van der Waals surface area contributed by atoms with Gasteiger partial charge in [-0.1, -0.05) is 103 Å². The fourth-order valence-electron chi connectivity index (χ4n) is 6.82. The van der Waals surface area contributed by atoms with Gasteiger partial charge in [0, 0.05) is 33.7 Å². The maximum Gasteiger partial charge on any atom is 0.164 e. The van der Waals surface area contributed by atoms with E-state index in [9.17, 15) is 0 Å². The molecule has 0 aliphatic heterocycles. The molecule has 0 spiro atoms. The summed E-state index contributed by atoms with van der Waals surface area (Å²) < 4.78 is 12.4. The first-order valence-electron chi connectivity index (χ1n) is 15.8. The number of benzene rings is 6. The van der Waals surface area contributed by atoms with Crippen LogP contribution >= 0.6 is 0 Å². The Bertz CT molecular complexity index is 2850. The van der Waals surface area contributed by atoms with Gasteiger partial charge in [0.2, 0.25) is 0 Å². The lowest BCUT2D eigenvalue weighted by atomic mass is 9.94. The van der Waals surface area contributed by atoms with Gasteiger partial charge in [0.25, 0.3) is 0 Å². The number of hydrogen-bond donors (Lipinski definition) is 0. The van der Waals surface area contributed by atoms with Gasteiger partial charge in [-0.05, 0) is 58.3 Å². The van der Waals surface area contributed by atoms with Crippen LogP contribution in [-0.2, 0) is 0 Å². The van der Waals surface area contributed by atoms with Crippen LogP contribution in [0.1, 0.15) is 0 Å². The number of hydrogen-bond acceptors (Lipinski definition) is 6. The van der Waals surface area contributed by atoms with Gasteiger partial charge in [0.05, 0.1) is 5.39 Å². The summed E-state index contributed by atoms with van der Waals surface area (Å²) in [5.74, 6) is 1.75. The second-order valence-corrected chi connectivity index (χ2v) is 11.8. The Kier molecular flexibility index (Phi) is 5.77. The minimum Gasteiger partial charge on any atom is -0.456 e. The zero-order valence-electron chi connectivity index (χ0n) is 25.5. The normalized spacial score (nSPS) is 11.8. The van der Waals surface area contributed by atoms with Gasteiger partial charge in [0.15, 0.2) is 23.1 Å². The first-order chi connectivity index (χ1) is 23.8. The van der Waals surface area contributed by atoms with Crippen LogP contribution in [0.5, 0.6) is 0 Å². The molecule has 0 saturated carbocycles. The minimum atomic E-state index is 0.560. The number of nitrogens with zero attached hydrogens (tertiary/aromatic N) is 4. The lowest BCUT2D eigenvalue weighted by molar-refractivity contribution is 0.668. The van der Waals surface area contributed by atoms with Crippen molar-refractivity contribution in [2.45, 2.75) is 0 Å². The second-order valence-electron chi connectivity index (χ2n) is 11.8. The highest BCUT2D eigenvalue weighted by molar-refractivity contribution is 6.15. The highest BCUT2D eigenvalue weighted by Gasteiger charge is 2.19. The van der Waals surface area contributed by atoms with E-state index in [4.69, 9.17) is 23.8 Å². The summed E-state index contributed by atoms with van der Waals surface area (Å²) in [7, 11) is 0. The van der Waals surface area contributed by atoms with Crippen molar-refractivity contribution in [1.29, 1.82) is 0 Å². The Morgan fingerprint density at radius 3 is 1.96 bits per heavy atom. The van der Waals surface area contributed by atoms with E-state index in [1.165, 1.54) is 0 Å². The Hall–Kier alpha value is -6.66. The molecule has 48 heavy (non-hydrogen) atoms. The van der Waals surface area contributed by atoms with Crippen LogP contribution in [0.15, 0.2) is 155 Å². The Morgan fingerprint density at radius 2 is 1.06 bits per heavy atom. The summed E-state index contributed by atoms with van der Waals surface area (Å²) in [6.45, 7) is 0. The van der Waals surface area contributed by atoms with Crippen LogP contribution in [0.4, 0.5) is 0 Å². The maximum atomic E-state index is 6.21. The first-order valence-corrected chi connectivity index (χ1v) is 15.8. The summed E-state index contributed by atoms with van der Waals surface area (Å²) in [6.07, 6.45) is 1.78. The van der Waals surface area contributed by atoms with Gasteiger partial charge < -0.3 is 8.83 Å². The molecule has 0 bridgehead atoms. The molecule has 6 heteroatoms. The molecule has 0 atom stereocenters. The van der Waals surface area contributed by atoms with Gasteiger partial charge in [-0.3, -0.25) is 4.98 Å². The highest BCUT2D eigenvalue weighted by atomic mass is 16.3. The summed E-state index contributed by atoms with van der Waals surface area (Å²) in [4.78, 5) is 19.7. The van der Waals surface area contributed by atoms with Crippen molar-refractivity contribution in [3.63, 3.8) is 0 Å². The van der Waals surface area contributed by atoms with Crippen LogP contribution in [0.25, 0.3) is 100 Å². The Balaban J connectivity index is 1.17. The van der Waals surface area contributed by atoms with Crippen molar-refractivity contribution in [3.05, 3.63) is 146 Å². The molecule has 6 aromatic carbocycles. The highest BCUT2D eigenvalue weighted by Crippen LogP contribution is 2.40. The van der Waals surface area contributed by atoms with Crippen LogP contribution in [0.2, 0.25) is 0 Å². The minimum absolute atomic E-state index is 0.560. The van der Waals surface area contributed by atoms with E-state index in [2.05, 4.69) is 65.6 Å². The maximum absolute atomic E-state index is 6.21. The monoisotopic (exact) mass is 616 g/mol. The Labute approximate surface area is 274 Å². The average Bonchev–Trinajstić information content (AvgIpc) is 3.73. The molecule has 10 rings (SSSR count). The third kappa shape index (κ3) is 4.13. The van der Waals surface area contributed by atoms with Crippen LogP contribution in [0, 0.1) is 0 Å². The molecule has 6 nitrogen and oxygen atoms in total. The first kappa shape index (κ1) is 26.5. The molecule has 0 unspecified atom stereocenters. The van der Waals surface area contributed by atoms with Crippen LogP contribution in [0.3, 0.4) is 0 Å². The number of pyridine rings is 1. The van der Waals surface area contributed by atoms with E-state index in [1.54, 1.807) is 6.20 Å². The molecule has 4 aromatic heterocycles. The number of aromatic nitrogens is 4. The van der Waals surface area contributed by atoms with Crippen molar-refractivity contribution in [1.82, 2.24) is 19.9 Å². The Morgan fingerprint density at radius 1 is 0.396 bits per heavy atom. The van der Waals surface area contributed by atoms with Crippen molar-refractivity contribution >= 4 is 54.8 Å². The van der Waals surface area contributed by atoms with E-state index in [-0.39, 0.29) is 0 Å². The number of furan rings is 2. The summed E-state index contributed by atoms with van der Waals surface area (Å²) in [6, 6.07) is 47.1. The lowest BCUT2D eigenvalue weighted by Gasteiger charge is -2.12. The predicted octanol–water partition coefficient (Wildman–Crippen LogP) is 10.9. The zero-order valence-corrected chi connectivity index (χ0v) is 25.5. The number of para-hydroxylation sites is 1. The summed E-state index contributed by atoms with van der Waals surface area (Å²) in [5, 5.41) is 5.34. The quantitative estimate of drug-likeness (QED) is 0.196. The SMILES string of the molecule is c1ccc(-c2nc(-c3ccc4c(-c5cccc6oc7ccccc7c56)cccc4c3)nc(-c3cccc4oc5cccnc5c34)n2)cc1. The smallest absolute Gasteiger partial charge is 0.164 e. The third-order valence-corrected chi connectivity index (χ3v) is 8.99. The molecule has 4 heterocycles. The third-order valence-electron chi connectivity index (χ3n) is 8.99.